The minimum atomic E-state index is -1.37. The van der Waals surface area contributed by atoms with Crippen LogP contribution in [0.4, 0.5) is 14.9 Å². The molecule has 1 heterocycles. The maximum Gasteiger partial charge on any atom is 0.326 e. The van der Waals surface area contributed by atoms with Crippen LogP contribution < -0.4 is 10.6 Å². The molecule has 2 aromatic rings. The van der Waals surface area contributed by atoms with Crippen molar-refractivity contribution in [3.8, 4) is 6.07 Å². The third kappa shape index (κ3) is 3.43. The molecule has 148 valence electrons. The number of para-hydroxylation sites is 1. The Bertz CT molecular complexity index is 1020. The Labute approximate surface area is 167 Å². The predicted octanol–water partition coefficient (Wildman–Crippen LogP) is 2.88. The van der Waals surface area contributed by atoms with Gasteiger partial charge in [0, 0.05) is 0 Å². The van der Waals surface area contributed by atoms with Gasteiger partial charge < -0.3 is 10.6 Å². The Kier molecular flexibility index (Phi) is 5.33. The lowest BCUT2D eigenvalue weighted by Gasteiger charge is -2.27. The molecule has 0 unspecified atom stereocenters. The number of carbonyl (C=O) groups excluding carboxylic acids is 3. The van der Waals surface area contributed by atoms with Crippen LogP contribution in [0, 0.1) is 17.1 Å². The molecule has 0 bridgehead atoms. The molecule has 1 aliphatic heterocycles. The summed E-state index contributed by atoms with van der Waals surface area (Å²) in [5, 5.41) is 14.4. The molecule has 29 heavy (non-hydrogen) atoms. The number of carbonyl (C=O) groups is 3. The van der Waals surface area contributed by atoms with Gasteiger partial charge in [-0.3, -0.25) is 9.59 Å². The standard InChI is InChI=1S/C21H19FN4O3/c1-3-21(15-8-10-16(22)11-9-15)19(28)26(20(29)25-21)13(2)18(27)24-17-7-5-4-6-14(17)12-23/h4-11,13H,3H2,1-2H3,(H,24,27)(H,25,29)/t13-,21-/m1/s1. The van der Waals surface area contributed by atoms with E-state index in [-0.39, 0.29) is 12.0 Å². The number of amides is 4. The normalized spacial score (nSPS) is 19.4. The van der Waals surface area contributed by atoms with E-state index < -0.39 is 35.2 Å². The highest BCUT2D eigenvalue weighted by Gasteiger charge is 2.53. The molecule has 4 amide bonds. The molecule has 0 aliphatic carbocycles. The molecule has 2 atom stereocenters. The molecule has 1 fully saturated rings. The van der Waals surface area contributed by atoms with Crippen molar-refractivity contribution in [2.45, 2.75) is 31.8 Å². The second-order valence-electron chi connectivity index (χ2n) is 6.69. The Hall–Kier alpha value is -3.73. The lowest BCUT2D eigenvalue weighted by Crippen LogP contribution is -2.48. The van der Waals surface area contributed by atoms with Crippen LogP contribution in [-0.4, -0.2) is 28.8 Å². The zero-order valence-electron chi connectivity index (χ0n) is 15.9. The molecule has 0 spiro atoms. The molecule has 1 saturated heterocycles. The number of hydrogen-bond acceptors (Lipinski definition) is 4. The summed E-state index contributed by atoms with van der Waals surface area (Å²) in [6.45, 7) is 3.15. The van der Waals surface area contributed by atoms with Crippen LogP contribution >= 0.6 is 0 Å². The molecule has 2 N–H and O–H groups in total. The van der Waals surface area contributed by atoms with Gasteiger partial charge in [-0.15, -0.1) is 0 Å². The number of halogens is 1. The van der Waals surface area contributed by atoms with Crippen LogP contribution in [0.2, 0.25) is 0 Å². The molecule has 7 nitrogen and oxygen atoms in total. The number of nitrogens with zero attached hydrogens (tertiary/aromatic N) is 2. The zero-order chi connectivity index (χ0) is 21.2. The number of imide groups is 1. The number of urea groups is 1. The molecule has 0 saturated carbocycles. The number of benzene rings is 2. The van der Waals surface area contributed by atoms with Crippen LogP contribution in [0.15, 0.2) is 48.5 Å². The van der Waals surface area contributed by atoms with Gasteiger partial charge >= 0.3 is 6.03 Å². The zero-order valence-corrected chi connectivity index (χ0v) is 15.9. The SMILES string of the molecule is CC[C@]1(c2ccc(F)cc2)NC(=O)N([C@H](C)C(=O)Nc2ccccc2C#N)C1=O. The highest BCUT2D eigenvalue weighted by molar-refractivity contribution is 6.11. The molecule has 8 heteroatoms. The maximum absolute atomic E-state index is 13.3. The van der Waals surface area contributed by atoms with Crippen molar-refractivity contribution in [2.24, 2.45) is 0 Å². The van der Waals surface area contributed by atoms with E-state index in [4.69, 9.17) is 5.26 Å². The topological polar surface area (TPSA) is 102 Å². The average Bonchev–Trinajstić information content (AvgIpc) is 2.98. The first-order valence-corrected chi connectivity index (χ1v) is 9.06. The van der Waals surface area contributed by atoms with Gasteiger partial charge in [-0.2, -0.15) is 5.26 Å². The fraction of sp³-hybridized carbons (Fsp3) is 0.238. The lowest BCUT2D eigenvalue weighted by molar-refractivity contribution is -0.136. The third-order valence-electron chi connectivity index (χ3n) is 5.06. The van der Waals surface area contributed by atoms with Gasteiger partial charge in [-0.05, 0) is 43.2 Å². The van der Waals surface area contributed by atoms with Gasteiger partial charge in [0.2, 0.25) is 5.91 Å². The summed E-state index contributed by atoms with van der Waals surface area (Å²) in [7, 11) is 0. The van der Waals surface area contributed by atoms with E-state index in [0.717, 1.165) is 4.90 Å². The monoisotopic (exact) mass is 394 g/mol. The summed E-state index contributed by atoms with van der Waals surface area (Å²) in [6.07, 6.45) is 0.227. The lowest BCUT2D eigenvalue weighted by atomic mass is 9.87. The van der Waals surface area contributed by atoms with Gasteiger partial charge in [-0.25, -0.2) is 14.1 Å². The summed E-state index contributed by atoms with van der Waals surface area (Å²) < 4.78 is 13.3. The number of nitrogens with one attached hydrogen (secondary N) is 2. The van der Waals surface area contributed by atoms with Gasteiger partial charge in [0.1, 0.15) is 23.5 Å². The molecule has 0 radical (unpaired) electrons. The van der Waals surface area contributed by atoms with Crippen molar-refractivity contribution in [2.75, 3.05) is 5.32 Å². The molecular formula is C21H19FN4O3. The Morgan fingerprint density at radius 1 is 1.24 bits per heavy atom. The maximum atomic E-state index is 13.3. The molecule has 1 aliphatic rings. The smallest absolute Gasteiger partial charge is 0.323 e. The van der Waals surface area contributed by atoms with E-state index in [0.29, 0.717) is 11.3 Å². The minimum Gasteiger partial charge on any atom is -0.323 e. The van der Waals surface area contributed by atoms with Crippen molar-refractivity contribution in [1.82, 2.24) is 10.2 Å². The van der Waals surface area contributed by atoms with E-state index in [2.05, 4.69) is 10.6 Å². The summed E-state index contributed by atoms with van der Waals surface area (Å²) >= 11 is 0. The number of hydrogen-bond donors (Lipinski definition) is 2. The second kappa shape index (κ2) is 7.72. The highest BCUT2D eigenvalue weighted by atomic mass is 19.1. The Balaban J connectivity index is 1.87. The van der Waals surface area contributed by atoms with Gasteiger partial charge in [0.15, 0.2) is 0 Å². The van der Waals surface area contributed by atoms with Crippen molar-refractivity contribution >= 4 is 23.5 Å². The number of nitriles is 1. The van der Waals surface area contributed by atoms with Crippen molar-refractivity contribution in [1.29, 1.82) is 5.26 Å². The third-order valence-corrected chi connectivity index (χ3v) is 5.06. The fourth-order valence-electron chi connectivity index (χ4n) is 3.36. The number of anilines is 1. The van der Waals surface area contributed by atoms with E-state index in [1.807, 2.05) is 6.07 Å². The van der Waals surface area contributed by atoms with E-state index in [1.54, 1.807) is 31.2 Å². The Morgan fingerprint density at radius 2 is 1.90 bits per heavy atom. The fourth-order valence-corrected chi connectivity index (χ4v) is 3.36. The van der Waals surface area contributed by atoms with E-state index in [1.165, 1.54) is 31.2 Å². The van der Waals surface area contributed by atoms with Gasteiger partial charge in [0.05, 0.1) is 11.3 Å². The molecule has 3 rings (SSSR count). The highest BCUT2D eigenvalue weighted by Crippen LogP contribution is 2.33. The van der Waals surface area contributed by atoms with Crippen molar-refractivity contribution in [3.63, 3.8) is 0 Å². The molecular weight excluding hydrogens is 375 g/mol. The van der Waals surface area contributed by atoms with E-state index >= 15 is 0 Å². The van der Waals surface area contributed by atoms with Crippen LogP contribution in [0.1, 0.15) is 31.4 Å². The van der Waals surface area contributed by atoms with Gasteiger partial charge in [0.25, 0.3) is 5.91 Å². The summed E-state index contributed by atoms with van der Waals surface area (Å²) in [5.41, 5.74) is -0.382. The van der Waals surface area contributed by atoms with E-state index in [9.17, 15) is 18.8 Å². The van der Waals surface area contributed by atoms with Crippen molar-refractivity contribution < 1.29 is 18.8 Å². The Morgan fingerprint density at radius 3 is 2.52 bits per heavy atom. The second-order valence-corrected chi connectivity index (χ2v) is 6.69. The molecule has 0 aromatic heterocycles. The molecule has 2 aromatic carbocycles. The number of rotatable bonds is 5. The first-order chi connectivity index (χ1) is 13.8. The van der Waals surface area contributed by atoms with Crippen LogP contribution in [0.5, 0.6) is 0 Å². The van der Waals surface area contributed by atoms with Crippen LogP contribution in [0.3, 0.4) is 0 Å². The van der Waals surface area contributed by atoms with Crippen LogP contribution in [0.25, 0.3) is 0 Å². The largest absolute Gasteiger partial charge is 0.326 e. The predicted molar refractivity (Wildman–Crippen MR) is 103 cm³/mol. The quantitative estimate of drug-likeness (QED) is 0.761. The van der Waals surface area contributed by atoms with Crippen LogP contribution in [-0.2, 0) is 15.1 Å². The summed E-state index contributed by atoms with van der Waals surface area (Å²) in [6, 6.07) is 11.9. The summed E-state index contributed by atoms with van der Waals surface area (Å²) in [5.74, 6) is -1.66. The minimum absolute atomic E-state index is 0.227. The average molecular weight is 394 g/mol. The first-order valence-electron chi connectivity index (χ1n) is 9.06. The summed E-state index contributed by atoms with van der Waals surface area (Å²) in [4.78, 5) is 39.4. The van der Waals surface area contributed by atoms with Crippen molar-refractivity contribution in [3.05, 3.63) is 65.5 Å². The van der Waals surface area contributed by atoms with Gasteiger partial charge in [-0.1, -0.05) is 31.2 Å². The first kappa shape index (κ1) is 20.0.